The van der Waals surface area contributed by atoms with Gasteiger partial charge in [0.15, 0.2) is 5.11 Å². The molecule has 1 aliphatic heterocycles. The van der Waals surface area contributed by atoms with E-state index in [4.69, 9.17) is 12.2 Å². The Morgan fingerprint density at radius 1 is 0.765 bits per heavy atom. The molecule has 0 unspecified atom stereocenters. The topological polar surface area (TPSA) is 43.9 Å². The molecule has 1 heterocycles. The van der Waals surface area contributed by atoms with Crippen LogP contribution in [0.5, 0.6) is 0 Å². The van der Waals surface area contributed by atoms with Crippen molar-refractivity contribution in [2.24, 2.45) is 0 Å². The van der Waals surface area contributed by atoms with Gasteiger partial charge in [0.2, 0.25) is 0 Å². The maximum absolute atomic E-state index is 13.6. The van der Waals surface area contributed by atoms with Gasteiger partial charge in [-0.1, -0.05) is 48.0 Å². The number of hydrogen-bond donors (Lipinski definition) is 0. The Hall–Kier alpha value is -3.77. The number of benzene rings is 3. The molecule has 0 atom stereocenters. The number of amides is 2. The molecule has 4 rings (SSSR count). The zero-order chi connectivity index (χ0) is 24.2. The van der Waals surface area contributed by atoms with E-state index in [9.17, 15) is 9.59 Å². The average molecular weight is 470 g/mol. The molecule has 5 nitrogen and oxygen atoms in total. The second-order valence-corrected chi connectivity index (χ2v) is 8.42. The van der Waals surface area contributed by atoms with Crippen molar-refractivity contribution in [2.45, 2.75) is 20.8 Å². The van der Waals surface area contributed by atoms with Crippen molar-refractivity contribution in [3.05, 3.63) is 95.6 Å². The van der Waals surface area contributed by atoms with Crippen LogP contribution in [-0.2, 0) is 9.59 Å². The maximum atomic E-state index is 13.6. The molecule has 3 aromatic rings. The first kappa shape index (κ1) is 23.4. The molecule has 0 saturated carbocycles. The molecule has 1 aliphatic rings. The number of aryl methyl sites for hydroxylation is 1. The van der Waals surface area contributed by atoms with Gasteiger partial charge in [-0.3, -0.25) is 19.4 Å². The molecule has 2 amide bonds. The molecule has 0 radical (unpaired) electrons. The third-order valence-electron chi connectivity index (χ3n) is 5.89. The predicted octanol–water partition coefficient (Wildman–Crippen LogP) is 5.59. The van der Waals surface area contributed by atoms with E-state index in [0.29, 0.717) is 11.4 Å². The quantitative estimate of drug-likeness (QED) is 0.268. The Morgan fingerprint density at radius 2 is 1.29 bits per heavy atom. The molecular formula is C28H27N3O2S. The molecule has 34 heavy (non-hydrogen) atoms. The second-order valence-electron chi connectivity index (χ2n) is 8.06. The predicted molar refractivity (Wildman–Crippen MR) is 143 cm³/mol. The lowest BCUT2D eigenvalue weighted by Gasteiger charge is -2.36. The van der Waals surface area contributed by atoms with Crippen LogP contribution in [0.1, 0.15) is 25.0 Å². The van der Waals surface area contributed by atoms with Crippen molar-refractivity contribution in [2.75, 3.05) is 27.8 Å². The highest BCUT2D eigenvalue weighted by molar-refractivity contribution is 7.81. The fourth-order valence-electron chi connectivity index (χ4n) is 3.99. The summed E-state index contributed by atoms with van der Waals surface area (Å²) >= 11 is 5.67. The highest BCUT2D eigenvalue weighted by Crippen LogP contribution is 2.30. The van der Waals surface area contributed by atoms with Gasteiger partial charge in [-0.2, -0.15) is 0 Å². The second kappa shape index (κ2) is 10.0. The van der Waals surface area contributed by atoms with Crippen LogP contribution in [0, 0.1) is 6.92 Å². The molecule has 0 aromatic heterocycles. The van der Waals surface area contributed by atoms with E-state index in [1.54, 1.807) is 6.08 Å². The van der Waals surface area contributed by atoms with E-state index in [1.807, 2.05) is 85.8 Å². The molecule has 1 saturated heterocycles. The minimum atomic E-state index is -0.433. The first-order chi connectivity index (χ1) is 16.4. The number of carbonyl (C=O) groups excluding carboxylic acids is 2. The Bertz CT molecular complexity index is 1230. The van der Waals surface area contributed by atoms with Crippen LogP contribution in [0.15, 0.2) is 84.4 Å². The smallest absolute Gasteiger partial charge is 0.270 e. The molecule has 0 aliphatic carbocycles. The van der Waals surface area contributed by atoms with Crippen LogP contribution in [0.4, 0.5) is 17.1 Å². The van der Waals surface area contributed by atoms with Crippen LogP contribution in [0.3, 0.4) is 0 Å². The minimum Gasteiger partial charge on any atom is -0.372 e. The van der Waals surface area contributed by atoms with Crippen molar-refractivity contribution in [1.29, 1.82) is 0 Å². The van der Waals surface area contributed by atoms with Crippen molar-refractivity contribution in [3.63, 3.8) is 0 Å². The number of anilines is 3. The van der Waals surface area contributed by atoms with Crippen LogP contribution in [-0.4, -0.2) is 30.0 Å². The zero-order valence-electron chi connectivity index (χ0n) is 19.6. The van der Waals surface area contributed by atoms with Crippen molar-refractivity contribution < 1.29 is 9.59 Å². The molecule has 0 N–H and O–H groups in total. The van der Waals surface area contributed by atoms with Crippen LogP contribution < -0.4 is 14.7 Å². The Balaban J connectivity index is 1.79. The lowest BCUT2D eigenvalue weighted by molar-refractivity contribution is -0.120. The summed E-state index contributed by atoms with van der Waals surface area (Å²) in [7, 11) is 0. The molecule has 172 valence electrons. The lowest BCUT2D eigenvalue weighted by Crippen LogP contribution is -2.56. The number of thiocarbonyl (C=S) groups is 1. The normalized spacial score (nSPS) is 15.3. The first-order valence-corrected chi connectivity index (χ1v) is 11.8. The molecular weight excluding hydrogens is 442 g/mol. The monoisotopic (exact) mass is 469 g/mol. The molecule has 3 aromatic carbocycles. The summed E-state index contributed by atoms with van der Waals surface area (Å²) in [4.78, 5) is 32.3. The molecule has 1 fully saturated rings. The number of nitrogens with zero attached hydrogens (tertiary/aromatic N) is 3. The molecule has 0 spiro atoms. The maximum Gasteiger partial charge on any atom is 0.270 e. The van der Waals surface area contributed by atoms with Gasteiger partial charge in [-0.15, -0.1) is 0 Å². The summed E-state index contributed by atoms with van der Waals surface area (Å²) in [6, 6.07) is 24.6. The van der Waals surface area contributed by atoms with E-state index in [-0.39, 0.29) is 10.7 Å². The number of rotatable bonds is 6. The largest absolute Gasteiger partial charge is 0.372 e. The summed E-state index contributed by atoms with van der Waals surface area (Å²) in [6.07, 6.45) is 1.65. The van der Waals surface area contributed by atoms with E-state index < -0.39 is 11.8 Å². The first-order valence-electron chi connectivity index (χ1n) is 11.4. The summed E-state index contributed by atoms with van der Waals surface area (Å²) < 4.78 is 0. The van der Waals surface area contributed by atoms with Gasteiger partial charge in [-0.25, -0.2) is 0 Å². The molecule has 0 bridgehead atoms. The zero-order valence-corrected chi connectivity index (χ0v) is 20.4. The van der Waals surface area contributed by atoms with E-state index in [1.165, 1.54) is 9.80 Å². The third-order valence-corrected chi connectivity index (χ3v) is 6.25. The van der Waals surface area contributed by atoms with Gasteiger partial charge in [0.25, 0.3) is 11.8 Å². The van der Waals surface area contributed by atoms with Crippen LogP contribution >= 0.6 is 12.2 Å². The standard InChI is InChI=1S/C28H27N3O2S/c1-4-29(5-2)22-17-13-21(14-18-22)19-25-26(32)30(23-9-7-6-8-10-23)28(34)31(27(25)33)24-15-11-20(3)12-16-24/h6-19H,4-5H2,1-3H3/b25-19-. The fraction of sp³-hybridized carbons (Fsp3) is 0.179. The lowest BCUT2D eigenvalue weighted by atomic mass is 10.0. The van der Waals surface area contributed by atoms with E-state index >= 15 is 0 Å². The van der Waals surface area contributed by atoms with Gasteiger partial charge < -0.3 is 4.90 Å². The summed E-state index contributed by atoms with van der Waals surface area (Å²) in [5, 5.41) is 0.138. The van der Waals surface area contributed by atoms with Gasteiger partial charge in [0, 0.05) is 18.8 Å². The van der Waals surface area contributed by atoms with E-state index in [2.05, 4.69) is 18.7 Å². The summed E-state index contributed by atoms with van der Waals surface area (Å²) in [5.74, 6) is -0.865. The van der Waals surface area contributed by atoms with Crippen LogP contribution in [0.2, 0.25) is 0 Å². The van der Waals surface area contributed by atoms with Gasteiger partial charge >= 0.3 is 0 Å². The highest BCUT2D eigenvalue weighted by Gasteiger charge is 2.41. The van der Waals surface area contributed by atoms with Crippen molar-refractivity contribution in [1.82, 2.24) is 0 Å². The third kappa shape index (κ3) is 4.50. The van der Waals surface area contributed by atoms with Crippen molar-refractivity contribution >= 4 is 52.3 Å². The fourth-order valence-corrected chi connectivity index (χ4v) is 4.37. The SMILES string of the molecule is CCN(CC)c1ccc(/C=C2/C(=O)N(c3ccccc3)C(=S)N(c3ccc(C)cc3)C2=O)cc1. The van der Waals surface area contributed by atoms with Gasteiger partial charge in [0.1, 0.15) is 5.57 Å². The minimum absolute atomic E-state index is 0.0635. The van der Waals surface area contributed by atoms with Crippen molar-refractivity contribution in [3.8, 4) is 0 Å². The number of hydrogen-bond acceptors (Lipinski definition) is 4. The number of para-hydroxylation sites is 1. The molecule has 6 heteroatoms. The van der Waals surface area contributed by atoms with Gasteiger partial charge in [-0.05, 0) is 81.0 Å². The highest BCUT2D eigenvalue weighted by atomic mass is 32.1. The summed E-state index contributed by atoms with van der Waals surface area (Å²) in [5.41, 5.74) is 4.24. The Morgan fingerprint density at radius 3 is 1.82 bits per heavy atom. The average Bonchev–Trinajstić information content (AvgIpc) is 2.85. The van der Waals surface area contributed by atoms with Crippen LogP contribution in [0.25, 0.3) is 6.08 Å². The summed E-state index contributed by atoms with van der Waals surface area (Å²) in [6.45, 7) is 8.01. The number of carbonyl (C=O) groups is 2. The van der Waals surface area contributed by atoms with Gasteiger partial charge in [0.05, 0.1) is 11.4 Å². The Labute approximate surface area is 205 Å². The van der Waals surface area contributed by atoms with E-state index in [0.717, 1.165) is 29.9 Å². The Kier molecular flexibility index (Phi) is 6.89.